The lowest BCUT2D eigenvalue weighted by atomic mass is 9.87. The minimum Gasteiger partial charge on any atom is -0.389 e. The van der Waals surface area contributed by atoms with Crippen molar-refractivity contribution >= 4 is 5.91 Å². The Labute approximate surface area is 175 Å². The molecule has 2 heterocycles. The van der Waals surface area contributed by atoms with Crippen molar-refractivity contribution in [1.82, 2.24) is 14.7 Å². The van der Waals surface area contributed by atoms with E-state index in [1.165, 1.54) is 40.0 Å². The summed E-state index contributed by atoms with van der Waals surface area (Å²) in [6.07, 6.45) is -2.50. The van der Waals surface area contributed by atoms with E-state index in [9.17, 15) is 28.2 Å². The zero-order valence-corrected chi connectivity index (χ0v) is 16.4. The molecular formula is C22H18F3N3O3. The van der Waals surface area contributed by atoms with Gasteiger partial charge >= 0.3 is 6.18 Å². The molecule has 1 fully saturated rings. The number of aliphatic hydroxyl groups is 2. The van der Waals surface area contributed by atoms with Gasteiger partial charge in [0.2, 0.25) is 5.60 Å². The van der Waals surface area contributed by atoms with Gasteiger partial charge in [-0.1, -0.05) is 24.3 Å². The average molecular weight is 429 g/mol. The van der Waals surface area contributed by atoms with Crippen LogP contribution in [-0.2, 0) is 12.6 Å². The van der Waals surface area contributed by atoms with Crippen molar-refractivity contribution in [3.05, 3.63) is 65.5 Å². The smallest absolute Gasteiger partial charge is 0.389 e. The molecule has 1 atom stereocenters. The van der Waals surface area contributed by atoms with Gasteiger partial charge in [0.1, 0.15) is 0 Å². The number of carbonyl (C=O) groups excluding carboxylic acids is 1. The highest BCUT2D eigenvalue weighted by Crippen LogP contribution is 2.57. The van der Waals surface area contributed by atoms with E-state index in [0.717, 1.165) is 6.07 Å². The highest BCUT2D eigenvalue weighted by molar-refractivity contribution is 6.01. The predicted octanol–water partition coefficient (Wildman–Crippen LogP) is 2.68. The second kappa shape index (κ2) is 6.41. The molecule has 1 unspecified atom stereocenters. The highest BCUT2D eigenvalue weighted by atomic mass is 19.4. The number of β-amino-alcohol motifs (C(OH)–C–C–N with tert-alkyl or cyclic N) is 1. The van der Waals surface area contributed by atoms with Crippen LogP contribution in [0.1, 0.15) is 21.5 Å². The number of alkyl halides is 3. The maximum Gasteiger partial charge on any atom is 0.425 e. The number of likely N-dealkylation sites (tertiary alicyclic amines) is 1. The minimum absolute atomic E-state index is 0.0139. The van der Waals surface area contributed by atoms with Crippen molar-refractivity contribution in [2.45, 2.75) is 17.9 Å². The summed E-state index contributed by atoms with van der Waals surface area (Å²) >= 11 is 0. The zero-order chi connectivity index (χ0) is 22.1. The van der Waals surface area contributed by atoms with Gasteiger partial charge in [-0.15, -0.1) is 0 Å². The molecule has 1 aliphatic carbocycles. The van der Waals surface area contributed by atoms with Crippen molar-refractivity contribution in [2.24, 2.45) is 7.05 Å². The van der Waals surface area contributed by atoms with E-state index in [1.54, 1.807) is 19.3 Å². The van der Waals surface area contributed by atoms with E-state index in [0.29, 0.717) is 11.1 Å². The van der Waals surface area contributed by atoms with Gasteiger partial charge in [-0.2, -0.15) is 18.3 Å². The Hall–Kier alpha value is -3.17. The second-order valence-corrected chi connectivity index (χ2v) is 7.97. The Morgan fingerprint density at radius 2 is 1.87 bits per heavy atom. The van der Waals surface area contributed by atoms with Crippen LogP contribution >= 0.6 is 0 Å². The molecule has 0 radical (unpaired) electrons. The molecule has 0 saturated carbocycles. The SMILES string of the molecule is Cn1cc(-c2cc(C(=O)N3CC(O)C3)cc3c2-c2ccccc2C3(O)C(F)(F)F)cn1. The monoisotopic (exact) mass is 429 g/mol. The number of aromatic nitrogens is 2. The predicted molar refractivity (Wildman–Crippen MR) is 105 cm³/mol. The van der Waals surface area contributed by atoms with Crippen LogP contribution in [0.4, 0.5) is 13.2 Å². The molecular weight excluding hydrogens is 411 g/mol. The lowest BCUT2D eigenvalue weighted by Gasteiger charge is -2.36. The fraction of sp³-hybridized carbons (Fsp3) is 0.273. The van der Waals surface area contributed by atoms with Crippen molar-refractivity contribution in [3.63, 3.8) is 0 Å². The van der Waals surface area contributed by atoms with Gasteiger partial charge in [0.25, 0.3) is 5.91 Å². The van der Waals surface area contributed by atoms with Crippen LogP contribution in [0, 0.1) is 0 Å². The molecule has 160 valence electrons. The van der Waals surface area contributed by atoms with Gasteiger partial charge in [-0.05, 0) is 28.8 Å². The number of carbonyl (C=O) groups is 1. The van der Waals surface area contributed by atoms with E-state index in [1.807, 2.05) is 0 Å². The molecule has 1 aliphatic heterocycles. The molecule has 0 bridgehead atoms. The number of aryl methyl sites for hydroxylation is 1. The van der Waals surface area contributed by atoms with Gasteiger partial charge in [0, 0.05) is 48.6 Å². The number of rotatable bonds is 2. The van der Waals surface area contributed by atoms with E-state index in [4.69, 9.17) is 0 Å². The molecule has 2 aliphatic rings. The number of amides is 1. The summed E-state index contributed by atoms with van der Waals surface area (Å²) in [5, 5.41) is 24.7. The summed E-state index contributed by atoms with van der Waals surface area (Å²) in [4.78, 5) is 14.3. The number of fused-ring (bicyclic) bond motifs is 3. The molecule has 6 nitrogen and oxygen atoms in total. The Bertz CT molecular complexity index is 1210. The van der Waals surface area contributed by atoms with E-state index in [2.05, 4.69) is 5.10 Å². The largest absolute Gasteiger partial charge is 0.425 e. The van der Waals surface area contributed by atoms with Gasteiger partial charge in [-0.3, -0.25) is 9.48 Å². The van der Waals surface area contributed by atoms with Gasteiger partial charge in [0.15, 0.2) is 0 Å². The summed E-state index contributed by atoms with van der Waals surface area (Å²) in [5.74, 6) is -0.501. The molecule has 3 aromatic rings. The number of benzene rings is 2. The first-order chi connectivity index (χ1) is 14.6. The summed E-state index contributed by atoms with van der Waals surface area (Å²) in [7, 11) is 1.68. The Balaban J connectivity index is 1.81. The normalized spacial score (nSPS) is 20.4. The number of hydrogen-bond donors (Lipinski definition) is 2. The maximum atomic E-state index is 14.3. The number of halogens is 3. The zero-order valence-electron chi connectivity index (χ0n) is 16.4. The first-order valence-electron chi connectivity index (χ1n) is 9.65. The second-order valence-electron chi connectivity index (χ2n) is 7.97. The third-order valence-electron chi connectivity index (χ3n) is 5.94. The van der Waals surface area contributed by atoms with Crippen LogP contribution in [0.2, 0.25) is 0 Å². The first kappa shape index (κ1) is 19.8. The minimum atomic E-state index is -5.00. The van der Waals surface area contributed by atoms with E-state index >= 15 is 0 Å². The molecule has 1 saturated heterocycles. The standard InChI is InChI=1S/C22H18F3N3O3/c1-27-9-13(8-26-27)16-6-12(20(30)28-10-14(29)11-28)7-18-19(16)15-4-2-3-5-17(15)21(18,31)22(23,24)25/h2-9,14,29,31H,10-11H2,1H3. The van der Waals surface area contributed by atoms with Crippen molar-refractivity contribution in [1.29, 1.82) is 0 Å². The molecule has 31 heavy (non-hydrogen) atoms. The fourth-order valence-electron chi connectivity index (χ4n) is 4.40. The van der Waals surface area contributed by atoms with Crippen molar-refractivity contribution in [3.8, 4) is 22.3 Å². The summed E-state index contributed by atoms with van der Waals surface area (Å²) in [6, 6.07) is 8.49. The fourth-order valence-corrected chi connectivity index (χ4v) is 4.40. The highest BCUT2D eigenvalue weighted by Gasteiger charge is 2.61. The average Bonchev–Trinajstić information content (AvgIpc) is 3.25. The van der Waals surface area contributed by atoms with Crippen LogP contribution in [0.3, 0.4) is 0 Å². The third-order valence-corrected chi connectivity index (χ3v) is 5.94. The number of nitrogens with zero attached hydrogens (tertiary/aromatic N) is 3. The van der Waals surface area contributed by atoms with Crippen LogP contribution in [0.25, 0.3) is 22.3 Å². The van der Waals surface area contributed by atoms with Crippen molar-refractivity contribution in [2.75, 3.05) is 13.1 Å². The topological polar surface area (TPSA) is 78.6 Å². The van der Waals surface area contributed by atoms with Gasteiger partial charge in [0.05, 0.1) is 12.3 Å². The molecule has 1 aromatic heterocycles. The third kappa shape index (κ3) is 2.73. The van der Waals surface area contributed by atoms with E-state index in [-0.39, 0.29) is 40.9 Å². The summed E-state index contributed by atoms with van der Waals surface area (Å²) in [5.41, 5.74) is -2.50. The lowest BCUT2D eigenvalue weighted by Crippen LogP contribution is -2.53. The Morgan fingerprint density at radius 1 is 1.16 bits per heavy atom. The molecule has 2 N–H and O–H groups in total. The van der Waals surface area contributed by atoms with Crippen LogP contribution < -0.4 is 0 Å². The number of aliphatic hydroxyl groups excluding tert-OH is 1. The molecule has 9 heteroatoms. The first-order valence-corrected chi connectivity index (χ1v) is 9.65. The van der Waals surface area contributed by atoms with Gasteiger partial charge < -0.3 is 15.1 Å². The Kier molecular flexibility index (Phi) is 4.09. The lowest BCUT2D eigenvalue weighted by molar-refractivity contribution is -0.246. The molecule has 2 aromatic carbocycles. The quantitative estimate of drug-likeness (QED) is 0.657. The van der Waals surface area contributed by atoms with E-state index < -0.39 is 23.8 Å². The van der Waals surface area contributed by atoms with Crippen LogP contribution in [0.15, 0.2) is 48.8 Å². The Morgan fingerprint density at radius 3 is 2.48 bits per heavy atom. The van der Waals surface area contributed by atoms with Crippen molar-refractivity contribution < 1.29 is 28.2 Å². The summed E-state index contributed by atoms with van der Waals surface area (Å²) in [6.45, 7) is 0.226. The molecule has 5 rings (SSSR count). The van der Waals surface area contributed by atoms with Crippen LogP contribution in [0.5, 0.6) is 0 Å². The maximum absolute atomic E-state index is 14.3. The molecule has 1 amide bonds. The van der Waals surface area contributed by atoms with Gasteiger partial charge in [-0.25, -0.2) is 0 Å². The summed E-state index contributed by atoms with van der Waals surface area (Å²) < 4.78 is 44.3. The molecule has 0 spiro atoms. The number of hydrogen-bond acceptors (Lipinski definition) is 4. The van der Waals surface area contributed by atoms with Crippen LogP contribution in [-0.4, -0.2) is 56.2 Å².